The molecule has 0 spiro atoms. The summed E-state index contributed by atoms with van der Waals surface area (Å²) >= 11 is 0. The molecule has 0 heterocycles. The fraction of sp³-hybridized carbons (Fsp3) is 1.00. The van der Waals surface area contributed by atoms with Gasteiger partial charge in [-0.25, -0.2) is 0 Å². The van der Waals surface area contributed by atoms with Gasteiger partial charge in [-0.2, -0.15) is 0 Å². The molecule has 0 aliphatic heterocycles. The van der Waals surface area contributed by atoms with E-state index in [9.17, 15) is 0 Å². The van der Waals surface area contributed by atoms with Gasteiger partial charge >= 0.3 is 0 Å². The summed E-state index contributed by atoms with van der Waals surface area (Å²) in [5.41, 5.74) is 0. The Morgan fingerprint density at radius 3 is 2.00 bits per heavy atom. The molecule has 3 heteroatoms. The first-order valence-corrected chi connectivity index (χ1v) is 5.57. The molecule has 0 aliphatic rings. The van der Waals surface area contributed by atoms with Gasteiger partial charge in [0.25, 0.3) is 0 Å². The Balaban J connectivity index is 3.71. The molecule has 0 aromatic carbocycles. The average molecular weight is 204 g/mol. The number of ether oxygens (including phenoxy) is 2. The van der Waals surface area contributed by atoms with Crippen molar-refractivity contribution in [1.29, 1.82) is 0 Å². The number of hydrogen-bond acceptors (Lipinski definition) is 3. The maximum atomic E-state index is 8.64. The molecule has 0 aliphatic carbocycles. The molecule has 0 radical (unpaired) electrons. The highest BCUT2D eigenvalue weighted by Crippen LogP contribution is 2.20. The summed E-state index contributed by atoms with van der Waals surface area (Å²) in [7, 11) is 0. The lowest BCUT2D eigenvalue weighted by Crippen LogP contribution is -2.32. The highest BCUT2D eigenvalue weighted by molar-refractivity contribution is 4.63. The summed E-state index contributed by atoms with van der Waals surface area (Å²) in [6.07, 6.45) is 3.84. The first kappa shape index (κ1) is 13.9. The maximum absolute atomic E-state index is 8.64. The zero-order valence-electron chi connectivity index (χ0n) is 9.71. The maximum Gasteiger partial charge on any atom is 0.165 e. The Labute approximate surface area is 87.4 Å². The van der Waals surface area contributed by atoms with E-state index in [1.807, 2.05) is 20.8 Å². The molecule has 0 saturated carbocycles. The molecule has 0 bridgehead atoms. The van der Waals surface area contributed by atoms with Crippen molar-refractivity contribution in [2.24, 2.45) is 0 Å². The van der Waals surface area contributed by atoms with Crippen molar-refractivity contribution < 1.29 is 14.6 Å². The summed E-state index contributed by atoms with van der Waals surface area (Å²) in [6, 6.07) is 0. The molecule has 0 rings (SSSR count). The van der Waals surface area contributed by atoms with Crippen LogP contribution < -0.4 is 0 Å². The molecule has 3 nitrogen and oxygen atoms in total. The van der Waals surface area contributed by atoms with E-state index in [0.717, 1.165) is 25.7 Å². The molecule has 0 fully saturated rings. The molecule has 0 aromatic heterocycles. The summed E-state index contributed by atoms with van der Waals surface area (Å²) < 4.78 is 11.1. The van der Waals surface area contributed by atoms with Crippen LogP contribution in [-0.2, 0) is 9.47 Å². The van der Waals surface area contributed by atoms with Crippen molar-refractivity contribution in [3.63, 3.8) is 0 Å². The van der Waals surface area contributed by atoms with Gasteiger partial charge in [0.1, 0.15) is 0 Å². The van der Waals surface area contributed by atoms with Crippen LogP contribution in [0.15, 0.2) is 0 Å². The molecular weight excluding hydrogens is 180 g/mol. The Bertz CT molecular complexity index is 120. The number of rotatable bonds is 9. The summed E-state index contributed by atoms with van der Waals surface area (Å²) in [6.45, 7) is 7.57. The van der Waals surface area contributed by atoms with Crippen LogP contribution in [0, 0.1) is 0 Å². The second-order valence-corrected chi connectivity index (χ2v) is 3.53. The third-order valence-electron chi connectivity index (χ3n) is 2.19. The lowest BCUT2D eigenvalue weighted by molar-refractivity contribution is -0.225. The van der Waals surface area contributed by atoms with Gasteiger partial charge in [-0.1, -0.05) is 6.42 Å². The molecule has 0 atom stereocenters. The first-order chi connectivity index (χ1) is 6.68. The Morgan fingerprint density at radius 2 is 1.57 bits per heavy atom. The van der Waals surface area contributed by atoms with Crippen molar-refractivity contribution in [2.75, 3.05) is 19.8 Å². The quantitative estimate of drug-likeness (QED) is 0.463. The molecule has 0 amide bonds. The van der Waals surface area contributed by atoms with Crippen LogP contribution in [0.4, 0.5) is 0 Å². The van der Waals surface area contributed by atoms with Gasteiger partial charge in [0, 0.05) is 26.2 Å². The highest BCUT2D eigenvalue weighted by Gasteiger charge is 2.23. The number of aliphatic hydroxyl groups excluding tert-OH is 1. The molecule has 86 valence electrons. The van der Waals surface area contributed by atoms with Crippen molar-refractivity contribution in [3.05, 3.63) is 0 Å². The van der Waals surface area contributed by atoms with Gasteiger partial charge < -0.3 is 14.6 Å². The fourth-order valence-corrected chi connectivity index (χ4v) is 1.53. The van der Waals surface area contributed by atoms with Gasteiger partial charge in [0.15, 0.2) is 5.79 Å². The minimum absolute atomic E-state index is 0.278. The third-order valence-corrected chi connectivity index (χ3v) is 2.19. The number of hydrogen-bond donors (Lipinski definition) is 1. The second kappa shape index (κ2) is 8.21. The van der Waals surface area contributed by atoms with E-state index in [4.69, 9.17) is 14.6 Å². The van der Waals surface area contributed by atoms with Crippen LogP contribution in [0.2, 0.25) is 0 Å². The smallest absolute Gasteiger partial charge is 0.165 e. The van der Waals surface area contributed by atoms with Crippen molar-refractivity contribution in [2.45, 2.75) is 52.2 Å². The van der Waals surface area contributed by atoms with Crippen LogP contribution in [0.5, 0.6) is 0 Å². The highest BCUT2D eigenvalue weighted by atomic mass is 16.7. The molecule has 1 N–H and O–H groups in total. The normalized spacial score (nSPS) is 12.0. The topological polar surface area (TPSA) is 38.7 Å². The van der Waals surface area contributed by atoms with Crippen LogP contribution in [0.3, 0.4) is 0 Å². The molecule has 14 heavy (non-hydrogen) atoms. The minimum Gasteiger partial charge on any atom is -0.396 e. The Hall–Kier alpha value is -0.120. The van der Waals surface area contributed by atoms with E-state index in [-0.39, 0.29) is 6.61 Å². The monoisotopic (exact) mass is 204 g/mol. The molecule has 0 aromatic rings. The summed E-state index contributed by atoms with van der Waals surface area (Å²) in [5.74, 6) is -0.432. The third kappa shape index (κ3) is 6.35. The van der Waals surface area contributed by atoms with E-state index < -0.39 is 5.79 Å². The summed E-state index contributed by atoms with van der Waals surface area (Å²) in [4.78, 5) is 0. The Kier molecular flexibility index (Phi) is 8.14. The van der Waals surface area contributed by atoms with E-state index in [1.54, 1.807) is 0 Å². The lowest BCUT2D eigenvalue weighted by atomic mass is 10.1. The van der Waals surface area contributed by atoms with Gasteiger partial charge in [-0.3, -0.25) is 0 Å². The van der Waals surface area contributed by atoms with Crippen molar-refractivity contribution >= 4 is 0 Å². The Morgan fingerprint density at radius 1 is 1.00 bits per heavy atom. The van der Waals surface area contributed by atoms with Crippen LogP contribution >= 0.6 is 0 Å². The van der Waals surface area contributed by atoms with Crippen molar-refractivity contribution in [3.8, 4) is 0 Å². The fourth-order valence-electron chi connectivity index (χ4n) is 1.53. The van der Waals surface area contributed by atoms with Gasteiger partial charge in [0.05, 0.1) is 0 Å². The van der Waals surface area contributed by atoms with Gasteiger partial charge in [-0.15, -0.1) is 0 Å². The second-order valence-electron chi connectivity index (χ2n) is 3.53. The van der Waals surface area contributed by atoms with Crippen LogP contribution in [0.25, 0.3) is 0 Å². The van der Waals surface area contributed by atoms with Gasteiger partial charge in [0.2, 0.25) is 0 Å². The lowest BCUT2D eigenvalue weighted by Gasteiger charge is -2.29. The van der Waals surface area contributed by atoms with E-state index >= 15 is 0 Å². The van der Waals surface area contributed by atoms with E-state index in [0.29, 0.717) is 13.2 Å². The average Bonchev–Trinajstić information content (AvgIpc) is 2.13. The number of unbranched alkanes of at least 4 members (excludes halogenated alkanes) is 2. The zero-order valence-corrected chi connectivity index (χ0v) is 9.71. The predicted octanol–water partition coefficient (Wildman–Crippen LogP) is 2.33. The largest absolute Gasteiger partial charge is 0.396 e. The van der Waals surface area contributed by atoms with Crippen LogP contribution in [0.1, 0.15) is 46.5 Å². The van der Waals surface area contributed by atoms with Crippen LogP contribution in [-0.4, -0.2) is 30.7 Å². The van der Waals surface area contributed by atoms with E-state index in [2.05, 4.69) is 0 Å². The molecular formula is C11H24O3. The molecule has 0 unspecified atom stereocenters. The molecule has 0 saturated heterocycles. The standard InChI is InChI=1S/C11H24O3/c1-4-13-11(3,14-5-2)9-7-6-8-10-12/h12H,4-10H2,1-3H3. The van der Waals surface area contributed by atoms with Crippen molar-refractivity contribution in [1.82, 2.24) is 0 Å². The minimum atomic E-state index is -0.432. The SMILES string of the molecule is CCOC(C)(CCCCCO)OCC. The number of aliphatic hydroxyl groups is 1. The zero-order chi connectivity index (χ0) is 10.9. The van der Waals surface area contributed by atoms with E-state index in [1.165, 1.54) is 0 Å². The predicted molar refractivity (Wildman–Crippen MR) is 57.2 cm³/mol. The first-order valence-electron chi connectivity index (χ1n) is 5.57. The summed E-state index contributed by atoms with van der Waals surface area (Å²) in [5, 5.41) is 8.64. The van der Waals surface area contributed by atoms with Gasteiger partial charge in [-0.05, 0) is 33.6 Å².